The van der Waals surface area contributed by atoms with Gasteiger partial charge in [0.2, 0.25) is 21.8 Å². The van der Waals surface area contributed by atoms with Crippen molar-refractivity contribution < 1.29 is 27.9 Å². The number of carbonyl (C=O) groups is 3. The van der Waals surface area contributed by atoms with Gasteiger partial charge in [0.1, 0.15) is 6.04 Å². The highest BCUT2D eigenvalue weighted by Gasteiger charge is 2.26. The molecule has 0 aliphatic rings. The van der Waals surface area contributed by atoms with Crippen LogP contribution in [0.4, 0.5) is 0 Å². The lowest BCUT2D eigenvalue weighted by atomic mass is 10.2. The topological polar surface area (TPSA) is 170 Å². The number of carboxylic acids is 1. The van der Waals surface area contributed by atoms with Gasteiger partial charge in [-0.2, -0.15) is 4.72 Å². The fourth-order valence-electron chi connectivity index (χ4n) is 1.43. The second kappa shape index (κ2) is 6.33. The Morgan fingerprint density at radius 1 is 1.14 bits per heavy atom. The molecule has 0 aliphatic heterocycles. The predicted octanol–water partition coefficient (Wildman–Crippen LogP) is -1.61. The highest BCUT2D eigenvalue weighted by Crippen LogP contribution is 2.11. The van der Waals surface area contributed by atoms with Crippen LogP contribution in [0.1, 0.15) is 16.8 Å². The van der Waals surface area contributed by atoms with Crippen LogP contribution >= 0.6 is 0 Å². The fourth-order valence-corrected chi connectivity index (χ4v) is 2.62. The zero-order valence-corrected chi connectivity index (χ0v) is 11.5. The van der Waals surface area contributed by atoms with Crippen LogP contribution in [0.5, 0.6) is 0 Å². The maximum absolute atomic E-state index is 12.0. The number of aliphatic carboxylic acids is 1. The van der Waals surface area contributed by atoms with E-state index in [2.05, 4.69) is 0 Å². The summed E-state index contributed by atoms with van der Waals surface area (Å²) in [6.07, 6.45) is -0.687. The van der Waals surface area contributed by atoms with E-state index < -0.39 is 40.3 Å². The van der Waals surface area contributed by atoms with Gasteiger partial charge in [0.05, 0.1) is 11.3 Å². The third-order valence-electron chi connectivity index (χ3n) is 2.45. The molecule has 21 heavy (non-hydrogen) atoms. The Balaban J connectivity index is 3.01. The van der Waals surface area contributed by atoms with Gasteiger partial charge in [-0.3, -0.25) is 14.4 Å². The van der Waals surface area contributed by atoms with Crippen LogP contribution < -0.4 is 16.2 Å². The molecule has 0 aliphatic carbocycles. The molecule has 1 unspecified atom stereocenters. The number of amides is 2. The molecule has 0 fully saturated rings. The van der Waals surface area contributed by atoms with E-state index in [0.717, 1.165) is 12.1 Å². The largest absolute Gasteiger partial charge is 0.480 e. The summed E-state index contributed by atoms with van der Waals surface area (Å²) in [7, 11) is -4.18. The first-order chi connectivity index (χ1) is 9.63. The molecule has 1 rings (SSSR count). The van der Waals surface area contributed by atoms with Crippen LogP contribution in [0.25, 0.3) is 0 Å². The number of carbonyl (C=O) groups excluding carboxylic acids is 2. The average molecular weight is 315 g/mol. The van der Waals surface area contributed by atoms with Crippen molar-refractivity contribution in [2.24, 2.45) is 11.5 Å². The molecular formula is C11H13N3O6S. The lowest BCUT2D eigenvalue weighted by Gasteiger charge is -2.13. The van der Waals surface area contributed by atoms with Crippen molar-refractivity contribution in [2.45, 2.75) is 17.4 Å². The van der Waals surface area contributed by atoms with Crippen LogP contribution in [-0.2, 0) is 19.6 Å². The van der Waals surface area contributed by atoms with E-state index in [4.69, 9.17) is 16.6 Å². The Labute approximate surface area is 120 Å². The van der Waals surface area contributed by atoms with E-state index in [1.165, 1.54) is 12.1 Å². The van der Waals surface area contributed by atoms with Crippen molar-refractivity contribution in [1.29, 1.82) is 0 Å². The first kappa shape index (κ1) is 16.6. The van der Waals surface area contributed by atoms with Gasteiger partial charge in [-0.05, 0) is 24.3 Å². The van der Waals surface area contributed by atoms with E-state index in [9.17, 15) is 22.8 Å². The number of primary amides is 2. The van der Waals surface area contributed by atoms with Gasteiger partial charge in [-0.1, -0.05) is 0 Å². The maximum Gasteiger partial charge on any atom is 0.322 e. The van der Waals surface area contributed by atoms with Crippen molar-refractivity contribution >= 4 is 27.8 Å². The molecular weight excluding hydrogens is 302 g/mol. The molecule has 2 amide bonds. The predicted molar refractivity (Wildman–Crippen MR) is 70.5 cm³/mol. The molecule has 0 heterocycles. The standard InChI is InChI=1S/C11H13N3O6S/c12-9(15)5-8(11(17)18)14-21(19,20)7-3-1-6(2-4-7)10(13)16/h1-4,8,14H,5H2,(H2,12,15)(H2,13,16)(H,17,18). The number of carboxylic acid groups (broad SMARTS) is 1. The van der Waals surface area contributed by atoms with Gasteiger partial charge in [0, 0.05) is 5.56 Å². The van der Waals surface area contributed by atoms with Crippen LogP contribution in [0, 0.1) is 0 Å². The molecule has 10 heteroatoms. The van der Waals surface area contributed by atoms with Gasteiger partial charge in [-0.25, -0.2) is 8.42 Å². The Morgan fingerprint density at radius 2 is 1.67 bits per heavy atom. The first-order valence-corrected chi connectivity index (χ1v) is 7.05. The van der Waals surface area contributed by atoms with Crippen LogP contribution in [0.3, 0.4) is 0 Å². The van der Waals surface area contributed by atoms with Crippen molar-refractivity contribution in [3.63, 3.8) is 0 Å². The summed E-state index contributed by atoms with van der Waals surface area (Å²) < 4.78 is 25.8. The Hall–Kier alpha value is -2.46. The molecule has 1 aromatic carbocycles. The van der Waals surface area contributed by atoms with E-state index in [0.29, 0.717) is 0 Å². The molecule has 0 radical (unpaired) electrons. The van der Waals surface area contributed by atoms with E-state index in [1.807, 2.05) is 4.72 Å². The molecule has 114 valence electrons. The average Bonchev–Trinajstić information content (AvgIpc) is 2.37. The highest BCUT2D eigenvalue weighted by atomic mass is 32.2. The second-order valence-corrected chi connectivity index (χ2v) is 5.79. The van der Waals surface area contributed by atoms with Gasteiger partial charge in [-0.15, -0.1) is 0 Å². The number of nitrogens with one attached hydrogen (secondary N) is 1. The van der Waals surface area contributed by atoms with Crippen LogP contribution in [-0.4, -0.2) is 37.3 Å². The lowest BCUT2D eigenvalue weighted by molar-refractivity contribution is -0.140. The molecule has 0 saturated carbocycles. The molecule has 0 saturated heterocycles. The maximum atomic E-state index is 12.0. The third kappa shape index (κ3) is 4.54. The minimum Gasteiger partial charge on any atom is -0.480 e. The lowest BCUT2D eigenvalue weighted by Crippen LogP contribution is -2.43. The Bertz CT molecular complexity index is 668. The van der Waals surface area contributed by atoms with Crippen LogP contribution in [0.15, 0.2) is 29.2 Å². The third-order valence-corrected chi connectivity index (χ3v) is 3.94. The van der Waals surface area contributed by atoms with Gasteiger partial charge < -0.3 is 16.6 Å². The number of hydrogen-bond donors (Lipinski definition) is 4. The van der Waals surface area contributed by atoms with Gasteiger partial charge >= 0.3 is 5.97 Å². The van der Waals surface area contributed by atoms with Crippen molar-refractivity contribution in [1.82, 2.24) is 4.72 Å². The minimum absolute atomic E-state index is 0.0980. The molecule has 6 N–H and O–H groups in total. The number of benzene rings is 1. The molecule has 1 aromatic rings. The fraction of sp³-hybridized carbons (Fsp3) is 0.182. The summed E-state index contributed by atoms with van der Waals surface area (Å²) in [6.45, 7) is 0. The number of nitrogens with two attached hydrogens (primary N) is 2. The number of rotatable bonds is 7. The Kier molecular flexibility index (Phi) is 5.00. The minimum atomic E-state index is -4.18. The van der Waals surface area contributed by atoms with E-state index >= 15 is 0 Å². The SMILES string of the molecule is NC(=O)CC(NS(=O)(=O)c1ccc(C(N)=O)cc1)C(=O)O. The summed E-state index contributed by atoms with van der Waals surface area (Å²) in [5.74, 6) is -3.23. The first-order valence-electron chi connectivity index (χ1n) is 5.57. The summed E-state index contributed by atoms with van der Waals surface area (Å²) in [5, 5.41) is 8.85. The monoisotopic (exact) mass is 315 g/mol. The van der Waals surface area contributed by atoms with Crippen LogP contribution in [0.2, 0.25) is 0 Å². The summed E-state index contributed by atoms with van der Waals surface area (Å²) >= 11 is 0. The molecule has 1 atom stereocenters. The molecule has 0 bridgehead atoms. The summed E-state index contributed by atoms with van der Waals surface area (Å²) in [5.41, 5.74) is 9.97. The summed E-state index contributed by atoms with van der Waals surface area (Å²) in [4.78, 5) is 32.2. The molecule has 0 spiro atoms. The zero-order chi connectivity index (χ0) is 16.2. The van der Waals surface area contributed by atoms with Crippen molar-refractivity contribution in [3.8, 4) is 0 Å². The number of sulfonamides is 1. The van der Waals surface area contributed by atoms with Crippen molar-refractivity contribution in [3.05, 3.63) is 29.8 Å². The van der Waals surface area contributed by atoms with E-state index in [1.54, 1.807) is 0 Å². The van der Waals surface area contributed by atoms with Crippen molar-refractivity contribution in [2.75, 3.05) is 0 Å². The highest BCUT2D eigenvalue weighted by molar-refractivity contribution is 7.89. The Morgan fingerprint density at radius 3 is 2.05 bits per heavy atom. The molecule has 9 nitrogen and oxygen atoms in total. The summed E-state index contributed by atoms with van der Waals surface area (Å²) in [6, 6.07) is 2.86. The van der Waals surface area contributed by atoms with Gasteiger partial charge in [0.15, 0.2) is 0 Å². The zero-order valence-electron chi connectivity index (χ0n) is 10.6. The quantitative estimate of drug-likeness (QED) is 0.471. The van der Waals surface area contributed by atoms with E-state index in [-0.39, 0.29) is 10.5 Å². The smallest absolute Gasteiger partial charge is 0.322 e. The molecule has 0 aromatic heterocycles. The number of hydrogen-bond acceptors (Lipinski definition) is 5. The van der Waals surface area contributed by atoms with Gasteiger partial charge in [0.25, 0.3) is 0 Å². The second-order valence-electron chi connectivity index (χ2n) is 4.07. The normalized spacial score (nSPS) is 12.6.